The Kier molecular flexibility index (Phi) is 7.91. The van der Waals surface area contributed by atoms with Crippen LogP contribution in [0.2, 0.25) is 0 Å². The molecule has 0 amide bonds. The molecule has 0 saturated carbocycles. The molecule has 66 valence electrons. The van der Waals surface area contributed by atoms with Gasteiger partial charge in [0.05, 0.1) is 6.61 Å². The van der Waals surface area contributed by atoms with Crippen molar-refractivity contribution in [1.82, 2.24) is 0 Å². The lowest BCUT2D eigenvalue weighted by molar-refractivity contribution is 0.293. The Morgan fingerprint density at radius 1 is 1.18 bits per heavy atom. The first-order valence-corrected chi connectivity index (χ1v) is 4.87. The van der Waals surface area contributed by atoms with Crippen molar-refractivity contribution in [2.45, 2.75) is 46.0 Å². The van der Waals surface area contributed by atoms with Crippen LogP contribution in [0.25, 0.3) is 0 Å². The molecule has 0 aliphatic heterocycles. The molecule has 0 aliphatic rings. The van der Waals surface area contributed by atoms with Crippen LogP contribution >= 0.6 is 12.2 Å². The number of hydrogen-bond donors (Lipinski definition) is 0. The second kappa shape index (κ2) is 7.99. The largest absolute Gasteiger partial charge is 0.487 e. The van der Waals surface area contributed by atoms with Crippen molar-refractivity contribution in [2.75, 3.05) is 6.61 Å². The zero-order valence-corrected chi connectivity index (χ0v) is 8.38. The van der Waals surface area contributed by atoms with Gasteiger partial charge in [-0.3, -0.25) is 0 Å². The van der Waals surface area contributed by atoms with Crippen LogP contribution in [0.5, 0.6) is 0 Å². The summed E-state index contributed by atoms with van der Waals surface area (Å²) in [6.07, 6.45) is 5.65. The molecule has 0 saturated heterocycles. The summed E-state index contributed by atoms with van der Waals surface area (Å²) in [5.41, 5.74) is 0. The summed E-state index contributed by atoms with van der Waals surface area (Å²) in [4.78, 5) is 0. The zero-order valence-electron chi connectivity index (χ0n) is 7.56. The standard InChI is InChI=1S/C9H18OS/c1-3-5-6-8-10-9(11)7-4-2/h3-8H2,1-2H3. The Morgan fingerprint density at radius 3 is 2.45 bits per heavy atom. The first kappa shape index (κ1) is 10.9. The van der Waals surface area contributed by atoms with E-state index in [1.54, 1.807) is 0 Å². The number of ether oxygens (including phenoxy) is 1. The van der Waals surface area contributed by atoms with Crippen molar-refractivity contribution in [3.63, 3.8) is 0 Å². The smallest absolute Gasteiger partial charge is 0.159 e. The van der Waals surface area contributed by atoms with E-state index in [1.165, 1.54) is 12.8 Å². The van der Waals surface area contributed by atoms with Gasteiger partial charge in [-0.1, -0.05) is 26.7 Å². The zero-order chi connectivity index (χ0) is 8.53. The summed E-state index contributed by atoms with van der Waals surface area (Å²) in [5.74, 6) is 0. The third-order valence-electron chi connectivity index (χ3n) is 1.47. The summed E-state index contributed by atoms with van der Waals surface area (Å²) in [6.45, 7) is 5.11. The summed E-state index contributed by atoms with van der Waals surface area (Å²) in [6, 6.07) is 0. The highest BCUT2D eigenvalue weighted by molar-refractivity contribution is 7.80. The normalized spacial score (nSPS) is 9.64. The van der Waals surface area contributed by atoms with Gasteiger partial charge in [-0.25, -0.2) is 0 Å². The molecular formula is C9H18OS. The van der Waals surface area contributed by atoms with Crippen LogP contribution in [0.15, 0.2) is 0 Å². The maximum atomic E-state index is 5.32. The molecule has 0 N–H and O–H groups in total. The molecule has 0 bridgehead atoms. The van der Waals surface area contributed by atoms with E-state index in [0.29, 0.717) is 0 Å². The fraction of sp³-hybridized carbons (Fsp3) is 0.889. The molecule has 0 spiro atoms. The van der Waals surface area contributed by atoms with Crippen molar-refractivity contribution in [1.29, 1.82) is 0 Å². The van der Waals surface area contributed by atoms with E-state index in [-0.39, 0.29) is 0 Å². The van der Waals surface area contributed by atoms with Crippen LogP contribution in [0.1, 0.15) is 46.0 Å². The minimum atomic E-state index is 0.781. The second-order valence-electron chi connectivity index (χ2n) is 2.68. The Balaban J connectivity index is 3.04. The molecule has 0 unspecified atom stereocenters. The van der Waals surface area contributed by atoms with E-state index in [9.17, 15) is 0 Å². The third kappa shape index (κ3) is 7.79. The van der Waals surface area contributed by atoms with Crippen LogP contribution in [0.3, 0.4) is 0 Å². The Hall–Kier alpha value is -0.110. The van der Waals surface area contributed by atoms with Crippen molar-refractivity contribution >= 4 is 17.3 Å². The number of unbranched alkanes of at least 4 members (excludes halogenated alkanes) is 2. The molecular weight excluding hydrogens is 156 g/mol. The summed E-state index contributed by atoms with van der Waals surface area (Å²) in [5, 5.41) is 0.781. The highest BCUT2D eigenvalue weighted by Crippen LogP contribution is 1.98. The minimum Gasteiger partial charge on any atom is -0.487 e. The summed E-state index contributed by atoms with van der Waals surface area (Å²) < 4.78 is 5.32. The molecule has 0 rings (SSSR count). The molecule has 0 fully saturated rings. The summed E-state index contributed by atoms with van der Waals surface area (Å²) >= 11 is 4.98. The molecule has 0 heterocycles. The first-order chi connectivity index (χ1) is 5.31. The average Bonchev–Trinajstić information content (AvgIpc) is 1.99. The summed E-state index contributed by atoms with van der Waals surface area (Å²) in [7, 11) is 0. The van der Waals surface area contributed by atoms with E-state index in [2.05, 4.69) is 13.8 Å². The van der Waals surface area contributed by atoms with Crippen molar-refractivity contribution in [3.05, 3.63) is 0 Å². The van der Waals surface area contributed by atoms with Crippen LogP contribution < -0.4 is 0 Å². The molecule has 0 radical (unpaired) electrons. The molecule has 0 aromatic carbocycles. The van der Waals surface area contributed by atoms with E-state index >= 15 is 0 Å². The van der Waals surface area contributed by atoms with Gasteiger partial charge in [-0.15, -0.1) is 0 Å². The maximum absolute atomic E-state index is 5.32. The first-order valence-electron chi connectivity index (χ1n) is 4.46. The molecule has 1 nitrogen and oxygen atoms in total. The molecule has 0 aromatic rings. The topological polar surface area (TPSA) is 9.23 Å². The molecule has 0 atom stereocenters. The monoisotopic (exact) mass is 174 g/mol. The number of rotatable bonds is 6. The van der Waals surface area contributed by atoms with Gasteiger partial charge in [0.1, 0.15) is 0 Å². The number of thiocarbonyl (C=S) groups is 1. The van der Waals surface area contributed by atoms with Gasteiger partial charge in [0.2, 0.25) is 0 Å². The fourth-order valence-electron chi connectivity index (χ4n) is 0.814. The lowest BCUT2D eigenvalue weighted by Crippen LogP contribution is -2.02. The van der Waals surface area contributed by atoms with Crippen LogP contribution in [0, 0.1) is 0 Å². The second-order valence-corrected chi connectivity index (χ2v) is 3.13. The van der Waals surface area contributed by atoms with E-state index < -0.39 is 0 Å². The molecule has 0 aliphatic carbocycles. The Morgan fingerprint density at radius 2 is 1.91 bits per heavy atom. The minimum absolute atomic E-state index is 0.781. The SMILES string of the molecule is CCCCCOC(=S)CCC. The van der Waals surface area contributed by atoms with E-state index in [1.807, 2.05) is 0 Å². The van der Waals surface area contributed by atoms with Gasteiger partial charge >= 0.3 is 0 Å². The van der Waals surface area contributed by atoms with Crippen molar-refractivity contribution in [3.8, 4) is 0 Å². The van der Waals surface area contributed by atoms with Gasteiger partial charge in [-0.2, -0.15) is 0 Å². The Bertz CT molecular complexity index is 102. The van der Waals surface area contributed by atoms with Crippen LogP contribution in [0.4, 0.5) is 0 Å². The lowest BCUT2D eigenvalue weighted by Gasteiger charge is -2.04. The van der Waals surface area contributed by atoms with E-state index in [4.69, 9.17) is 17.0 Å². The fourth-order valence-corrected chi connectivity index (χ4v) is 1.10. The highest BCUT2D eigenvalue weighted by atomic mass is 32.1. The van der Waals surface area contributed by atoms with Crippen molar-refractivity contribution < 1.29 is 4.74 Å². The predicted octanol–water partition coefficient (Wildman–Crippen LogP) is 3.32. The van der Waals surface area contributed by atoms with Crippen LogP contribution in [-0.4, -0.2) is 11.7 Å². The molecule has 11 heavy (non-hydrogen) atoms. The third-order valence-corrected chi connectivity index (χ3v) is 1.79. The van der Waals surface area contributed by atoms with Gasteiger partial charge < -0.3 is 4.74 Å². The predicted molar refractivity (Wildman–Crippen MR) is 53.0 cm³/mol. The van der Waals surface area contributed by atoms with Gasteiger partial charge in [0, 0.05) is 6.42 Å². The van der Waals surface area contributed by atoms with Gasteiger partial charge in [-0.05, 0) is 25.1 Å². The Labute approximate surface area is 75.1 Å². The highest BCUT2D eigenvalue weighted by Gasteiger charge is 1.94. The molecule has 0 aromatic heterocycles. The number of hydrogen-bond acceptors (Lipinski definition) is 2. The molecule has 2 heteroatoms. The maximum Gasteiger partial charge on any atom is 0.159 e. The van der Waals surface area contributed by atoms with Crippen molar-refractivity contribution in [2.24, 2.45) is 0 Å². The van der Waals surface area contributed by atoms with Crippen LogP contribution in [-0.2, 0) is 4.74 Å². The van der Waals surface area contributed by atoms with E-state index in [0.717, 1.165) is 30.9 Å². The van der Waals surface area contributed by atoms with Gasteiger partial charge in [0.25, 0.3) is 0 Å². The van der Waals surface area contributed by atoms with Gasteiger partial charge in [0.15, 0.2) is 5.05 Å². The average molecular weight is 174 g/mol. The lowest BCUT2D eigenvalue weighted by atomic mass is 10.3. The quantitative estimate of drug-likeness (QED) is 0.451.